The monoisotopic (exact) mass is 277 g/mol. The average molecular weight is 277 g/mol. The predicted molar refractivity (Wildman–Crippen MR) is 87.8 cm³/mol. The molecule has 0 fully saturated rings. The number of rotatable bonds is 3. The van der Waals surface area contributed by atoms with Crippen LogP contribution in [0.15, 0.2) is 54.7 Å². The van der Waals surface area contributed by atoms with Crippen LogP contribution in [0.25, 0.3) is 22.0 Å². The summed E-state index contributed by atoms with van der Waals surface area (Å²) in [6.07, 6.45) is 1.92. The Kier molecular flexibility index (Phi) is 3.61. The highest BCUT2D eigenvalue weighted by molar-refractivity contribution is 5.85. The zero-order chi connectivity index (χ0) is 14.8. The van der Waals surface area contributed by atoms with Gasteiger partial charge in [-0.1, -0.05) is 50.2 Å². The van der Waals surface area contributed by atoms with E-state index in [1.165, 1.54) is 10.9 Å². The molecule has 0 radical (unpaired) electrons. The van der Waals surface area contributed by atoms with Gasteiger partial charge >= 0.3 is 0 Å². The Morgan fingerprint density at radius 3 is 2.43 bits per heavy atom. The molecule has 0 aliphatic carbocycles. The third-order valence-corrected chi connectivity index (χ3v) is 3.78. The molecule has 0 spiro atoms. The molecule has 0 aliphatic heterocycles. The van der Waals surface area contributed by atoms with Gasteiger partial charge in [-0.2, -0.15) is 0 Å². The van der Waals surface area contributed by atoms with Gasteiger partial charge in [-0.05, 0) is 29.0 Å². The molecule has 0 unspecified atom stereocenters. The van der Waals surface area contributed by atoms with E-state index in [4.69, 9.17) is 4.74 Å². The minimum atomic E-state index is 0.443. The number of hydrogen-bond acceptors (Lipinski definition) is 2. The highest BCUT2D eigenvalue weighted by atomic mass is 16.5. The number of nitrogens with zero attached hydrogens (tertiary/aromatic N) is 1. The lowest BCUT2D eigenvalue weighted by Gasteiger charge is -2.13. The molecule has 0 bridgehead atoms. The lowest BCUT2D eigenvalue weighted by molar-refractivity contribution is 0.408. The van der Waals surface area contributed by atoms with Crippen LogP contribution in [-0.4, -0.2) is 12.1 Å². The topological polar surface area (TPSA) is 22.1 Å². The number of methoxy groups -OCH3 is 1. The van der Waals surface area contributed by atoms with E-state index in [0.717, 1.165) is 22.4 Å². The number of hydrogen-bond donors (Lipinski definition) is 0. The highest BCUT2D eigenvalue weighted by Gasteiger charge is 2.10. The molecule has 2 heteroatoms. The van der Waals surface area contributed by atoms with Crippen molar-refractivity contribution < 1.29 is 4.74 Å². The number of aromatic nitrogens is 1. The van der Waals surface area contributed by atoms with Crippen molar-refractivity contribution in [3.63, 3.8) is 0 Å². The maximum Gasteiger partial charge on any atom is 0.122 e. The van der Waals surface area contributed by atoms with E-state index in [9.17, 15) is 0 Å². The standard InChI is InChI=1S/C19H19NO/c1-13(2)17-9-8-15(11-19(17)21-3)18-10-14-6-4-5-7-16(14)12-20-18/h4-13H,1-3H3. The molecule has 2 aromatic carbocycles. The van der Waals surface area contributed by atoms with Crippen LogP contribution in [0.1, 0.15) is 25.3 Å². The molecule has 0 saturated heterocycles. The maximum atomic E-state index is 5.53. The van der Waals surface area contributed by atoms with Crippen molar-refractivity contribution in [2.45, 2.75) is 19.8 Å². The summed E-state index contributed by atoms with van der Waals surface area (Å²) in [5.74, 6) is 1.37. The molecule has 0 aliphatic rings. The van der Waals surface area contributed by atoms with Crippen molar-refractivity contribution in [2.75, 3.05) is 7.11 Å². The lowest BCUT2D eigenvalue weighted by Crippen LogP contribution is -1.95. The van der Waals surface area contributed by atoms with Crippen molar-refractivity contribution >= 4 is 10.8 Å². The van der Waals surface area contributed by atoms with Gasteiger partial charge in [0.25, 0.3) is 0 Å². The van der Waals surface area contributed by atoms with E-state index >= 15 is 0 Å². The van der Waals surface area contributed by atoms with Gasteiger partial charge < -0.3 is 4.74 Å². The van der Waals surface area contributed by atoms with Gasteiger partial charge in [-0.3, -0.25) is 4.98 Å². The Balaban J connectivity index is 2.09. The Labute approximate surface area is 125 Å². The molecule has 2 nitrogen and oxygen atoms in total. The Morgan fingerprint density at radius 2 is 1.71 bits per heavy atom. The molecule has 21 heavy (non-hydrogen) atoms. The first-order chi connectivity index (χ1) is 10.2. The SMILES string of the molecule is COc1cc(-c2cc3ccccc3cn2)ccc1C(C)C. The number of pyridine rings is 1. The summed E-state index contributed by atoms with van der Waals surface area (Å²) in [6, 6.07) is 16.7. The van der Waals surface area contributed by atoms with Gasteiger partial charge in [0, 0.05) is 17.1 Å². The summed E-state index contributed by atoms with van der Waals surface area (Å²) in [6.45, 7) is 4.34. The van der Waals surface area contributed by atoms with Crippen LogP contribution < -0.4 is 4.74 Å². The summed E-state index contributed by atoms with van der Waals surface area (Å²) < 4.78 is 5.53. The summed E-state index contributed by atoms with van der Waals surface area (Å²) >= 11 is 0. The Morgan fingerprint density at radius 1 is 0.952 bits per heavy atom. The van der Waals surface area contributed by atoms with E-state index in [-0.39, 0.29) is 0 Å². The van der Waals surface area contributed by atoms with Gasteiger partial charge in [0.1, 0.15) is 5.75 Å². The third kappa shape index (κ3) is 2.62. The minimum Gasteiger partial charge on any atom is -0.496 e. The van der Waals surface area contributed by atoms with Crippen LogP contribution >= 0.6 is 0 Å². The Bertz CT molecular complexity index is 777. The van der Waals surface area contributed by atoms with Gasteiger partial charge in [0.15, 0.2) is 0 Å². The summed E-state index contributed by atoms with van der Waals surface area (Å²) in [7, 11) is 1.72. The molecule has 3 aromatic rings. The molecule has 0 saturated carbocycles. The van der Waals surface area contributed by atoms with Crippen molar-refractivity contribution in [3.8, 4) is 17.0 Å². The van der Waals surface area contributed by atoms with Crippen LogP contribution in [0, 0.1) is 0 Å². The Hall–Kier alpha value is -2.35. The highest BCUT2D eigenvalue weighted by Crippen LogP contribution is 2.31. The van der Waals surface area contributed by atoms with Crippen molar-refractivity contribution in [1.29, 1.82) is 0 Å². The average Bonchev–Trinajstić information content (AvgIpc) is 2.53. The first-order valence-corrected chi connectivity index (χ1v) is 7.22. The van der Waals surface area contributed by atoms with E-state index in [2.05, 4.69) is 61.3 Å². The zero-order valence-corrected chi connectivity index (χ0v) is 12.6. The summed E-state index contributed by atoms with van der Waals surface area (Å²) in [5, 5.41) is 2.36. The smallest absolute Gasteiger partial charge is 0.122 e. The number of fused-ring (bicyclic) bond motifs is 1. The van der Waals surface area contributed by atoms with E-state index < -0.39 is 0 Å². The third-order valence-electron chi connectivity index (χ3n) is 3.78. The molecule has 0 N–H and O–H groups in total. The van der Waals surface area contributed by atoms with Crippen LogP contribution in [0.5, 0.6) is 5.75 Å². The minimum absolute atomic E-state index is 0.443. The van der Waals surface area contributed by atoms with E-state index in [0.29, 0.717) is 5.92 Å². The fraction of sp³-hybridized carbons (Fsp3) is 0.211. The van der Waals surface area contributed by atoms with Crippen LogP contribution in [0.2, 0.25) is 0 Å². The van der Waals surface area contributed by atoms with Crippen LogP contribution in [-0.2, 0) is 0 Å². The first kappa shape index (κ1) is 13.6. The number of benzene rings is 2. The molecule has 0 atom stereocenters. The fourth-order valence-corrected chi connectivity index (χ4v) is 2.59. The summed E-state index contributed by atoms with van der Waals surface area (Å²) in [5.41, 5.74) is 3.28. The second-order valence-electron chi connectivity index (χ2n) is 5.53. The first-order valence-electron chi connectivity index (χ1n) is 7.22. The van der Waals surface area contributed by atoms with Gasteiger partial charge in [0.05, 0.1) is 12.8 Å². The van der Waals surface area contributed by atoms with Crippen molar-refractivity contribution in [3.05, 3.63) is 60.3 Å². The van der Waals surface area contributed by atoms with E-state index in [1.807, 2.05) is 12.3 Å². The fourth-order valence-electron chi connectivity index (χ4n) is 2.59. The van der Waals surface area contributed by atoms with Gasteiger partial charge in [0.2, 0.25) is 0 Å². The van der Waals surface area contributed by atoms with Crippen LogP contribution in [0.4, 0.5) is 0 Å². The molecule has 106 valence electrons. The lowest BCUT2D eigenvalue weighted by atomic mass is 9.98. The normalized spacial score (nSPS) is 11.0. The predicted octanol–water partition coefficient (Wildman–Crippen LogP) is 5.03. The molecule has 0 amide bonds. The maximum absolute atomic E-state index is 5.53. The quantitative estimate of drug-likeness (QED) is 0.669. The second kappa shape index (κ2) is 5.57. The summed E-state index contributed by atoms with van der Waals surface area (Å²) in [4.78, 5) is 4.57. The zero-order valence-electron chi connectivity index (χ0n) is 12.6. The van der Waals surface area contributed by atoms with Crippen molar-refractivity contribution in [2.24, 2.45) is 0 Å². The van der Waals surface area contributed by atoms with Crippen molar-refractivity contribution in [1.82, 2.24) is 4.98 Å². The van der Waals surface area contributed by atoms with Gasteiger partial charge in [-0.15, -0.1) is 0 Å². The largest absolute Gasteiger partial charge is 0.496 e. The molecular weight excluding hydrogens is 258 g/mol. The van der Waals surface area contributed by atoms with Gasteiger partial charge in [-0.25, -0.2) is 0 Å². The molecular formula is C19H19NO. The molecule has 1 aromatic heterocycles. The van der Waals surface area contributed by atoms with E-state index in [1.54, 1.807) is 7.11 Å². The van der Waals surface area contributed by atoms with Crippen LogP contribution in [0.3, 0.4) is 0 Å². The number of ether oxygens (including phenoxy) is 1. The second-order valence-corrected chi connectivity index (χ2v) is 5.53. The molecule has 1 heterocycles. The molecule has 3 rings (SSSR count).